The number of rotatable bonds is 5. The molecule has 0 N–H and O–H groups in total. The van der Waals surface area contributed by atoms with E-state index in [2.05, 4.69) is 109 Å². The molecule has 0 spiro atoms. The van der Waals surface area contributed by atoms with Crippen molar-refractivity contribution in [1.29, 1.82) is 0 Å². The summed E-state index contributed by atoms with van der Waals surface area (Å²) in [6, 6.07) is 56.3. The molecule has 47 heavy (non-hydrogen) atoms. The van der Waals surface area contributed by atoms with E-state index in [-0.39, 0.29) is 0 Å². The quantitative estimate of drug-likeness (QED) is 0.197. The fourth-order valence-corrected chi connectivity index (χ4v) is 6.46. The molecule has 0 aliphatic rings. The number of hydrogen-bond donors (Lipinski definition) is 0. The van der Waals surface area contributed by atoms with Crippen molar-refractivity contribution in [2.24, 2.45) is 0 Å². The Kier molecular flexibility index (Phi) is 6.43. The summed E-state index contributed by atoms with van der Waals surface area (Å²) in [4.78, 5) is 15.2. The Morgan fingerprint density at radius 3 is 1.64 bits per heavy atom. The first kappa shape index (κ1) is 27.0. The molecule has 9 rings (SSSR count). The van der Waals surface area contributed by atoms with Gasteiger partial charge in [0.15, 0.2) is 17.5 Å². The number of fused-ring (bicyclic) bond motifs is 4. The molecular formula is C43H27N3O. The van der Waals surface area contributed by atoms with Crippen molar-refractivity contribution in [3.05, 3.63) is 164 Å². The molecule has 0 radical (unpaired) electrons. The largest absolute Gasteiger partial charge is 0.456 e. The monoisotopic (exact) mass is 601 g/mol. The summed E-state index contributed by atoms with van der Waals surface area (Å²) in [5.74, 6) is 1.89. The van der Waals surface area contributed by atoms with Gasteiger partial charge in [0.25, 0.3) is 0 Å². The Balaban J connectivity index is 1.20. The third kappa shape index (κ3) is 4.84. The van der Waals surface area contributed by atoms with Crippen molar-refractivity contribution in [3.8, 4) is 56.4 Å². The number of aromatic nitrogens is 3. The van der Waals surface area contributed by atoms with Crippen LogP contribution in [0.4, 0.5) is 0 Å². The highest BCUT2D eigenvalue weighted by Gasteiger charge is 2.16. The predicted molar refractivity (Wildman–Crippen MR) is 192 cm³/mol. The molecule has 0 bridgehead atoms. The summed E-state index contributed by atoms with van der Waals surface area (Å²) in [5.41, 5.74) is 9.06. The molecule has 0 amide bonds. The fourth-order valence-electron chi connectivity index (χ4n) is 6.46. The van der Waals surface area contributed by atoms with Crippen LogP contribution in [0.2, 0.25) is 0 Å². The fraction of sp³-hybridized carbons (Fsp3) is 0. The molecule has 0 fully saturated rings. The second kappa shape index (κ2) is 11.2. The Bertz CT molecular complexity index is 2570. The Morgan fingerprint density at radius 1 is 0.298 bits per heavy atom. The summed E-state index contributed by atoms with van der Waals surface area (Å²) in [6.07, 6.45) is 0. The van der Waals surface area contributed by atoms with Crippen molar-refractivity contribution in [2.75, 3.05) is 0 Å². The zero-order valence-corrected chi connectivity index (χ0v) is 25.3. The van der Waals surface area contributed by atoms with Crippen LogP contribution in [-0.2, 0) is 0 Å². The third-order valence-corrected chi connectivity index (χ3v) is 8.75. The smallest absolute Gasteiger partial charge is 0.164 e. The van der Waals surface area contributed by atoms with E-state index < -0.39 is 0 Å². The molecular weight excluding hydrogens is 574 g/mol. The number of benzene rings is 7. The molecule has 4 nitrogen and oxygen atoms in total. The third-order valence-electron chi connectivity index (χ3n) is 8.75. The van der Waals surface area contributed by atoms with E-state index in [1.54, 1.807) is 0 Å². The summed E-state index contributed by atoms with van der Waals surface area (Å²) in [6.45, 7) is 0. The Labute approximate surface area is 271 Å². The van der Waals surface area contributed by atoms with E-state index in [1.165, 1.54) is 11.1 Å². The average molecular weight is 602 g/mol. The number of nitrogens with zero attached hydrogens (tertiary/aromatic N) is 3. The van der Waals surface area contributed by atoms with E-state index in [9.17, 15) is 0 Å². The highest BCUT2D eigenvalue weighted by molar-refractivity contribution is 6.06. The lowest BCUT2D eigenvalue weighted by Crippen LogP contribution is -2.00. The molecule has 9 aromatic rings. The van der Waals surface area contributed by atoms with Gasteiger partial charge in [-0.05, 0) is 57.3 Å². The van der Waals surface area contributed by atoms with E-state index in [0.717, 1.165) is 60.5 Å². The molecule has 4 heteroatoms. The molecule has 2 aromatic heterocycles. The minimum Gasteiger partial charge on any atom is -0.456 e. The van der Waals surface area contributed by atoms with Crippen LogP contribution < -0.4 is 0 Å². The number of furan rings is 1. The van der Waals surface area contributed by atoms with Crippen LogP contribution in [-0.4, -0.2) is 15.0 Å². The van der Waals surface area contributed by atoms with Gasteiger partial charge in [-0.15, -0.1) is 0 Å². The zero-order valence-electron chi connectivity index (χ0n) is 25.3. The molecule has 0 saturated heterocycles. The Hall–Kier alpha value is -6.39. The van der Waals surface area contributed by atoms with Crippen molar-refractivity contribution in [2.45, 2.75) is 0 Å². The molecule has 0 saturated carbocycles. The van der Waals surface area contributed by atoms with Crippen molar-refractivity contribution < 1.29 is 4.42 Å². The lowest BCUT2D eigenvalue weighted by Gasteiger charge is -2.13. The maximum atomic E-state index is 6.20. The van der Waals surface area contributed by atoms with E-state index in [1.807, 2.05) is 54.6 Å². The molecule has 0 unspecified atom stereocenters. The van der Waals surface area contributed by atoms with Crippen LogP contribution in [0, 0.1) is 0 Å². The zero-order chi connectivity index (χ0) is 31.2. The first-order chi connectivity index (χ1) is 23.3. The Morgan fingerprint density at radius 2 is 0.830 bits per heavy atom. The minimum atomic E-state index is 0.622. The molecule has 0 aliphatic heterocycles. The second-order valence-corrected chi connectivity index (χ2v) is 11.6. The lowest BCUT2D eigenvalue weighted by molar-refractivity contribution is 0.669. The molecule has 2 heterocycles. The van der Waals surface area contributed by atoms with E-state index >= 15 is 0 Å². The molecule has 7 aromatic carbocycles. The number of hydrogen-bond acceptors (Lipinski definition) is 4. The van der Waals surface area contributed by atoms with E-state index in [4.69, 9.17) is 19.4 Å². The van der Waals surface area contributed by atoms with Crippen molar-refractivity contribution in [1.82, 2.24) is 15.0 Å². The predicted octanol–water partition coefficient (Wildman–Crippen LogP) is 11.3. The standard InChI is InChI=1S/C43H27N3O/c1-3-12-28(13-4-1)33-19-10-21-35-34(33)20-11-22-38(35)43-45-41(29-14-5-2-6-15-29)44-42(46-43)32-17-9-16-30(26-32)31-24-25-37-36-18-7-8-23-39(36)47-40(37)27-31/h1-27H. The summed E-state index contributed by atoms with van der Waals surface area (Å²) in [7, 11) is 0. The normalized spacial score (nSPS) is 11.4. The summed E-state index contributed by atoms with van der Waals surface area (Å²) < 4.78 is 6.20. The summed E-state index contributed by atoms with van der Waals surface area (Å²) >= 11 is 0. The molecule has 220 valence electrons. The average Bonchev–Trinajstić information content (AvgIpc) is 3.53. The summed E-state index contributed by atoms with van der Waals surface area (Å²) in [5, 5.41) is 4.49. The van der Waals surface area contributed by atoms with Crippen LogP contribution >= 0.6 is 0 Å². The van der Waals surface area contributed by atoms with Gasteiger partial charge >= 0.3 is 0 Å². The maximum absolute atomic E-state index is 6.20. The van der Waals surface area contributed by atoms with Gasteiger partial charge in [-0.3, -0.25) is 0 Å². The van der Waals surface area contributed by atoms with Gasteiger partial charge in [-0.25, -0.2) is 15.0 Å². The van der Waals surface area contributed by atoms with Crippen molar-refractivity contribution >= 4 is 32.7 Å². The first-order valence-corrected chi connectivity index (χ1v) is 15.7. The van der Waals surface area contributed by atoms with Crippen LogP contribution in [0.15, 0.2) is 168 Å². The lowest BCUT2D eigenvalue weighted by atomic mass is 9.95. The van der Waals surface area contributed by atoms with Gasteiger partial charge in [-0.2, -0.15) is 0 Å². The highest BCUT2D eigenvalue weighted by atomic mass is 16.3. The first-order valence-electron chi connectivity index (χ1n) is 15.7. The van der Waals surface area contributed by atoms with Crippen LogP contribution in [0.3, 0.4) is 0 Å². The highest BCUT2D eigenvalue weighted by Crippen LogP contribution is 2.36. The van der Waals surface area contributed by atoms with Crippen LogP contribution in [0.1, 0.15) is 0 Å². The second-order valence-electron chi connectivity index (χ2n) is 11.6. The van der Waals surface area contributed by atoms with Gasteiger partial charge in [0.2, 0.25) is 0 Å². The molecule has 0 atom stereocenters. The van der Waals surface area contributed by atoms with Crippen LogP contribution in [0.5, 0.6) is 0 Å². The minimum absolute atomic E-state index is 0.622. The van der Waals surface area contributed by atoms with Gasteiger partial charge in [0.1, 0.15) is 11.2 Å². The molecule has 0 aliphatic carbocycles. The number of para-hydroxylation sites is 1. The van der Waals surface area contributed by atoms with Crippen molar-refractivity contribution in [3.63, 3.8) is 0 Å². The SMILES string of the molecule is c1ccc(-c2nc(-c3cccc(-c4ccc5c(c4)oc4ccccc45)c3)nc(-c3cccc4c(-c5ccccc5)cccc34)n2)cc1. The maximum Gasteiger partial charge on any atom is 0.164 e. The van der Waals surface area contributed by atoms with Gasteiger partial charge in [0.05, 0.1) is 0 Å². The van der Waals surface area contributed by atoms with E-state index in [0.29, 0.717) is 17.5 Å². The topological polar surface area (TPSA) is 51.8 Å². The van der Waals surface area contributed by atoms with Gasteiger partial charge < -0.3 is 4.42 Å². The van der Waals surface area contributed by atoms with Gasteiger partial charge in [-0.1, -0.05) is 140 Å². The van der Waals surface area contributed by atoms with Crippen LogP contribution in [0.25, 0.3) is 89.1 Å². The van der Waals surface area contributed by atoms with Gasteiger partial charge in [0, 0.05) is 27.5 Å².